The lowest BCUT2D eigenvalue weighted by Gasteiger charge is -2.35. The molecule has 4 N–H and O–H groups in total. The Morgan fingerprint density at radius 2 is 1.87 bits per heavy atom. The second-order valence-electron chi connectivity index (χ2n) is 12.0. The molecule has 2 aromatic heterocycles. The van der Waals surface area contributed by atoms with Gasteiger partial charge in [0.2, 0.25) is 5.91 Å². The number of pyridine rings is 1. The van der Waals surface area contributed by atoms with Crippen molar-refractivity contribution in [3.05, 3.63) is 71.3 Å². The fourth-order valence-corrected chi connectivity index (χ4v) is 6.33. The van der Waals surface area contributed by atoms with Crippen molar-refractivity contribution < 1.29 is 28.6 Å². The van der Waals surface area contributed by atoms with Gasteiger partial charge in [0, 0.05) is 28.3 Å². The molecule has 0 unspecified atom stereocenters. The van der Waals surface area contributed by atoms with E-state index in [1.807, 2.05) is 17.8 Å². The summed E-state index contributed by atoms with van der Waals surface area (Å²) in [6.07, 6.45) is 7.26. The van der Waals surface area contributed by atoms with Crippen LogP contribution in [-0.2, 0) is 16.8 Å². The highest BCUT2D eigenvalue weighted by molar-refractivity contribution is 6.00. The van der Waals surface area contributed by atoms with Crippen molar-refractivity contribution in [3.63, 3.8) is 0 Å². The third-order valence-electron chi connectivity index (χ3n) is 8.81. The molecule has 0 aliphatic heterocycles. The quantitative estimate of drug-likeness (QED) is 0.208. The van der Waals surface area contributed by atoms with Crippen LogP contribution in [0.4, 0.5) is 4.39 Å². The molecule has 45 heavy (non-hydrogen) atoms. The molecule has 6 rings (SSSR count). The monoisotopic (exact) mass is 615 g/mol. The number of ether oxygens (including phenoxy) is 2. The molecule has 1 atom stereocenters. The molecular formula is C34H38FN5O5. The minimum Gasteiger partial charge on any atom is -0.494 e. The summed E-state index contributed by atoms with van der Waals surface area (Å²) in [7, 11) is 1.55. The molecule has 2 fully saturated rings. The van der Waals surface area contributed by atoms with Gasteiger partial charge in [0.05, 0.1) is 38.4 Å². The van der Waals surface area contributed by atoms with Gasteiger partial charge in [-0.25, -0.2) is 9.37 Å². The van der Waals surface area contributed by atoms with Gasteiger partial charge in [-0.15, -0.1) is 0 Å². The zero-order chi connectivity index (χ0) is 31.7. The number of halogens is 1. The van der Waals surface area contributed by atoms with E-state index in [1.165, 1.54) is 12.1 Å². The van der Waals surface area contributed by atoms with Crippen LogP contribution in [0.5, 0.6) is 11.5 Å². The number of nitrogens with one attached hydrogen (secondary N) is 1. The van der Waals surface area contributed by atoms with Gasteiger partial charge < -0.3 is 25.6 Å². The number of hydrogen-bond acceptors (Lipinski definition) is 7. The number of fused-ring (bicyclic) bond motifs is 1. The number of carbonyl (C=O) groups excluding carboxylic acids is 2. The SMILES string of the molecule is CCOc1c(CC(N)=O)cc([C@@](O)(CNC(=O)c2cc(OC)c3nn(C4CC4)cc3c2)C2CCCC2)nc1-c1ccc(F)cc1. The van der Waals surface area contributed by atoms with E-state index in [0.29, 0.717) is 45.4 Å². The van der Waals surface area contributed by atoms with Crippen LogP contribution in [0.25, 0.3) is 22.2 Å². The molecule has 236 valence electrons. The molecule has 10 nitrogen and oxygen atoms in total. The van der Waals surface area contributed by atoms with E-state index < -0.39 is 17.3 Å². The first-order valence-corrected chi connectivity index (χ1v) is 15.5. The van der Waals surface area contributed by atoms with Crippen LogP contribution in [0.3, 0.4) is 0 Å². The molecule has 11 heteroatoms. The second-order valence-corrected chi connectivity index (χ2v) is 12.0. The Kier molecular flexibility index (Phi) is 8.46. The average molecular weight is 616 g/mol. The minimum absolute atomic E-state index is 0.127. The highest BCUT2D eigenvalue weighted by atomic mass is 19.1. The van der Waals surface area contributed by atoms with Gasteiger partial charge in [-0.2, -0.15) is 5.10 Å². The Bertz CT molecular complexity index is 1730. The van der Waals surface area contributed by atoms with Crippen molar-refractivity contribution in [3.8, 4) is 22.8 Å². The maximum atomic E-state index is 13.9. The molecular weight excluding hydrogens is 577 g/mol. The molecule has 2 amide bonds. The summed E-state index contributed by atoms with van der Waals surface area (Å²) in [5.41, 5.74) is 6.77. The van der Waals surface area contributed by atoms with Crippen molar-refractivity contribution in [2.24, 2.45) is 11.7 Å². The standard InChI is InChI=1S/C34H38FN5O5/c1-3-45-32-21(17-29(36)41)16-28(38-31(32)20-8-10-25(35)11-9-20)34(43,24-6-4-5-7-24)19-37-33(42)22-14-23-18-40(26-12-13-26)39-30(23)27(15-22)44-2/h8-11,14-16,18,24,26,43H,3-7,12-13,17,19H2,1-2H3,(H2,36,41)(H,37,42)/t34-/m1/s1. The zero-order valence-corrected chi connectivity index (χ0v) is 25.5. The third kappa shape index (κ3) is 6.22. The molecule has 0 spiro atoms. The zero-order valence-electron chi connectivity index (χ0n) is 25.5. The largest absolute Gasteiger partial charge is 0.494 e. The number of rotatable bonds is 12. The molecule has 2 aliphatic carbocycles. The van der Waals surface area contributed by atoms with Gasteiger partial charge >= 0.3 is 0 Å². The molecule has 2 aliphatic rings. The predicted octanol–water partition coefficient (Wildman–Crippen LogP) is 4.82. The van der Waals surface area contributed by atoms with Gasteiger partial charge in [0.25, 0.3) is 5.91 Å². The van der Waals surface area contributed by atoms with E-state index >= 15 is 0 Å². The van der Waals surface area contributed by atoms with E-state index in [-0.39, 0.29) is 37.1 Å². The third-order valence-corrected chi connectivity index (χ3v) is 8.81. The Labute approximate surface area is 260 Å². The van der Waals surface area contributed by atoms with Crippen molar-refractivity contribution in [2.75, 3.05) is 20.3 Å². The fraction of sp³-hybridized carbons (Fsp3) is 0.412. The molecule has 0 saturated heterocycles. The van der Waals surface area contributed by atoms with E-state index in [9.17, 15) is 19.1 Å². The Balaban J connectivity index is 1.38. The summed E-state index contributed by atoms with van der Waals surface area (Å²) in [4.78, 5) is 30.7. The van der Waals surface area contributed by atoms with Crippen LogP contribution in [0.1, 0.15) is 73.1 Å². The van der Waals surface area contributed by atoms with Crippen molar-refractivity contribution in [2.45, 2.75) is 63.5 Å². The minimum atomic E-state index is -1.58. The number of primary amides is 1. The molecule has 0 bridgehead atoms. The molecule has 4 aromatic rings. The first-order chi connectivity index (χ1) is 21.7. The number of nitrogens with two attached hydrogens (primary N) is 1. The van der Waals surface area contributed by atoms with E-state index in [2.05, 4.69) is 10.4 Å². The number of nitrogens with zero attached hydrogens (tertiary/aromatic N) is 3. The summed E-state index contributed by atoms with van der Waals surface area (Å²) in [5, 5.41) is 20.9. The van der Waals surface area contributed by atoms with Crippen LogP contribution in [0.15, 0.2) is 48.7 Å². The van der Waals surface area contributed by atoms with Gasteiger partial charge in [0.15, 0.2) is 0 Å². The van der Waals surface area contributed by atoms with E-state index in [1.54, 1.807) is 37.4 Å². The van der Waals surface area contributed by atoms with Crippen LogP contribution >= 0.6 is 0 Å². The number of hydrogen-bond donors (Lipinski definition) is 3. The van der Waals surface area contributed by atoms with E-state index in [4.69, 9.17) is 20.2 Å². The number of amides is 2. The predicted molar refractivity (Wildman–Crippen MR) is 166 cm³/mol. The summed E-state index contributed by atoms with van der Waals surface area (Å²) < 4.78 is 27.3. The number of aliphatic hydroxyl groups is 1. The van der Waals surface area contributed by atoms with Crippen LogP contribution < -0.4 is 20.5 Å². The average Bonchev–Trinajstić information content (AvgIpc) is 3.53. The van der Waals surface area contributed by atoms with Crippen LogP contribution in [0, 0.1) is 11.7 Å². The Morgan fingerprint density at radius 1 is 1.13 bits per heavy atom. The topological polar surface area (TPSA) is 142 Å². The number of benzene rings is 2. The number of carbonyl (C=O) groups is 2. The number of methoxy groups -OCH3 is 1. The highest BCUT2D eigenvalue weighted by Gasteiger charge is 2.42. The second kappa shape index (κ2) is 12.5. The molecule has 0 radical (unpaired) electrons. The smallest absolute Gasteiger partial charge is 0.251 e. The maximum absolute atomic E-state index is 13.9. The normalized spacial score (nSPS) is 16.4. The van der Waals surface area contributed by atoms with Gasteiger partial charge in [0.1, 0.15) is 34.1 Å². The van der Waals surface area contributed by atoms with Crippen molar-refractivity contribution in [1.29, 1.82) is 0 Å². The van der Waals surface area contributed by atoms with Crippen LogP contribution in [-0.4, -0.2) is 51.9 Å². The van der Waals surface area contributed by atoms with E-state index in [0.717, 1.165) is 43.9 Å². The van der Waals surface area contributed by atoms with Gasteiger partial charge in [-0.1, -0.05) is 12.8 Å². The maximum Gasteiger partial charge on any atom is 0.251 e. The van der Waals surface area contributed by atoms with Gasteiger partial charge in [-0.3, -0.25) is 14.3 Å². The highest BCUT2D eigenvalue weighted by Crippen LogP contribution is 2.43. The van der Waals surface area contributed by atoms with Crippen LogP contribution in [0.2, 0.25) is 0 Å². The summed E-state index contributed by atoms with van der Waals surface area (Å²) in [6.45, 7) is 1.97. The fourth-order valence-electron chi connectivity index (χ4n) is 6.33. The Morgan fingerprint density at radius 3 is 2.51 bits per heavy atom. The van der Waals surface area contributed by atoms with Crippen molar-refractivity contribution >= 4 is 22.7 Å². The first kappa shape index (κ1) is 30.5. The molecule has 2 saturated carbocycles. The molecule has 2 aromatic carbocycles. The lowest BCUT2D eigenvalue weighted by atomic mass is 9.81. The Hall–Kier alpha value is -4.51. The summed E-state index contributed by atoms with van der Waals surface area (Å²) in [5.74, 6) is -0.740. The van der Waals surface area contributed by atoms with Crippen molar-refractivity contribution in [1.82, 2.24) is 20.1 Å². The summed E-state index contributed by atoms with van der Waals surface area (Å²) in [6, 6.07) is 11.2. The lowest BCUT2D eigenvalue weighted by molar-refractivity contribution is -0.117. The lowest BCUT2D eigenvalue weighted by Crippen LogP contribution is -2.46. The number of aromatic nitrogens is 3. The molecule has 2 heterocycles. The first-order valence-electron chi connectivity index (χ1n) is 15.5. The summed E-state index contributed by atoms with van der Waals surface area (Å²) >= 11 is 0. The van der Waals surface area contributed by atoms with Gasteiger partial charge in [-0.05, 0) is 81.0 Å².